The summed E-state index contributed by atoms with van der Waals surface area (Å²) in [6, 6.07) is 0. The van der Waals surface area contributed by atoms with Gasteiger partial charge in [0.1, 0.15) is 54.9 Å². The van der Waals surface area contributed by atoms with Crippen LogP contribution in [0, 0.1) is 0 Å². The highest BCUT2D eigenvalue weighted by Gasteiger charge is 2.47. The van der Waals surface area contributed by atoms with E-state index in [1.165, 1.54) is 38.5 Å². The van der Waals surface area contributed by atoms with Gasteiger partial charge in [-0.15, -0.1) is 0 Å². The Kier molecular flexibility index (Phi) is 22.5. The molecule has 11 unspecified atom stereocenters. The molecule has 0 amide bonds. The van der Waals surface area contributed by atoms with Crippen LogP contribution >= 0.6 is 0 Å². The number of esters is 1. The Morgan fingerprint density at radius 2 is 1.10 bits per heavy atom. The van der Waals surface area contributed by atoms with E-state index in [4.69, 9.17) is 28.4 Å². The molecule has 0 spiro atoms. The van der Waals surface area contributed by atoms with Crippen molar-refractivity contribution in [1.29, 1.82) is 0 Å². The van der Waals surface area contributed by atoms with Crippen LogP contribution in [0.1, 0.15) is 110 Å². The molecule has 7 N–H and O–H groups in total. The van der Waals surface area contributed by atoms with Crippen molar-refractivity contribution >= 4 is 5.97 Å². The third kappa shape index (κ3) is 15.5. The predicted molar refractivity (Wildman–Crippen MR) is 174 cm³/mol. The van der Waals surface area contributed by atoms with Gasteiger partial charge in [-0.2, -0.15) is 0 Å². The van der Waals surface area contributed by atoms with Crippen LogP contribution in [0.25, 0.3) is 0 Å². The molecule has 2 heterocycles. The Balaban J connectivity index is 1.88. The quantitative estimate of drug-likeness (QED) is 0.0504. The third-order valence-electron chi connectivity index (χ3n) is 8.87. The van der Waals surface area contributed by atoms with Crippen LogP contribution < -0.4 is 0 Å². The van der Waals surface area contributed by atoms with Crippen LogP contribution in [-0.2, 0) is 33.2 Å². The first kappa shape index (κ1) is 43.2. The van der Waals surface area contributed by atoms with Crippen LogP contribution in [0.3, 0.4) is 0 Å². The normalized spacial score (nSPS) is 31.5. The van der Waals surface area contributed by atoms with E-state index in [-0.39, 0.29) is 19.6 Å². The second kappa shape index (κ2) is 25.0. The lowest BCUT2D eigenvalue weighted by atomic mass is 9.98. The minimum absolute atomic E-state index is 0.0657. The highest BCUT2D eigenvalue weighted by molar-refractivity contribution is 5.69. The molecule has 14 heteroatoms. The number of aliphatic hydroxyl groups excluding tert-OH is 7. The summed E-state index contributed by atoms with van der Waals surface area (Å²) in [6.45, 7) is 3.54. The highest BCUT2D eigenvalue weighted by atomic mass is 16.7. The van der Waals surface area contributed by atoms with Gasteiger partial charge >= 0.3 is 5.97 Å². The van der Waals surface area contributed by atoms with E-state index in [1.807, 2.05) is 0 Å². The Labute approximate surface area is 285 Å². The maximum atomic E-state index is 12.6. The zero-order chi connectivity index (χ0) is 35.3. The van der Waals surface area contributed by atoms with Crippen LogP contribution in [0.4, 0.5) is 0 Å². The van der Waals surface area contributed by atoms with Gasteiger partial charge in [0.25, 0.3) is 0 Å². The summed E-state index contributed by atoms with van der Waals surface area (Å²) < 4.78 is 33.7. The molecule has 0 aromatic rings. The fourth-order valence-corrected chi connectivity index (χ4v) is 5.75. The predicted octanol–water partition coefficient (Wildman–Crippen LogP) is 1.45. The van der Waals surface area contributed by atoms with Gasteiger partial charge in [-0.1, -0.05) is 90.9 Å². The van der Waals surface area contributed by atoms with E-state index in [2.05, 4.69) is 13.8 Å². The molecule has 2 saturated heterocycles. The van der Waals surface area contributed by atoms with Gasteiger partial charge in [0, 0.05) is 13.0 Å². The van der Waals surface area contributed by atoms with E-state index in [0.29, 0.717) is 13.0 Å². The van der Waals surface area contributed by atoms with E-state index >= 15 is 0 Å². The topological polar surface area (TPSA) is 214 Å². The molecule has 14 nitrogen and oxygen atoms in total. The van der Waals surface area contributed by atoms with Crippen molar-refractivity contribution < 1.29 is 69.0 Å². The van der Waals surface area contributed by atoms with Crippen LogP contribution in [0.5, 0.6) is 0 Å². The van der Waals surface area contributed by atoms with Gasteiger partial charge in [-0.05, 0) is 12.8 Å². The van der Waals surface area contributed by atoms with Crippen LogP contribution in [0.2, 0.25) is 0 Å². The summed E-state index contributed by atoms with van der Waals surface area (Å²) in [5.74, 6) is -0.391. The molecule has 0 aromatic carbocycles. The minimum Gasteiger partial charge on any atom is -0.457 e. The number of unbranched alkanes of at least 4 members (excludes halogenated alkanes) is 12. The second-order valence-corrected chi connectivity index (χ2v) is 13.1. The number of aliphatic hydroxyl groups is 7. The molecule has 2 rings (SSSR count). The first-order valence-corrected chi connectivity index (χ1v) is 18.1. The summed E-state index contributed by atoms with van der Waals surface area (Å²) in [7, 11) is 0. The van der Waals surface area contributed by atoms with Crippen molar-refractivity contribution in [3.05, 3.63) is 0 Å². The van der Waals surface area contributed by atoms with Crippen molar-refractivity contribution in [3.63, 3.8) is 0 Å². The molecule has 48 heavy (non-hydrogen) atoms. The number of carbonyl (C=O) groups is 1. The van der Waals surface area contributed by atoms with E-state index in [9.17, 15) is 40.5 Å². The number of hydrogen-bond acceptors (Lipinski definition) is 14. The van der Waals surface area contributed by atoms with Crippen molar-refractivity contribution in [2.45, 2.75) is 178 Å². The summed E-state index contributed by atoms with van der Waals surface area (Å²) >= 11 is 0. The smallest absolute Gasteiger partial charge is 0.306 e. The highest BCUT2D eigenvalue weighted by Crippen LogP contribution is 2.26. The van der Waals surface area contributed by atoms with Crippen molar-refractivity contribution in [1.82, 2.24) is 0 Å². The molecule has 0 bridgehead atoms. The number of rotatable bonds is 26. The molecule has 0 radical (unpaired) electrons. The summed E-state index contributed by atoms with van der Waals surface area (Å²) in [5, 5.41) is 71.2. The fraction of sp³-hybridized carbons (Fsp3) is 0.971. The Bertz CT molecular complexity index is 819. The molecule has 11 atom stereocenters. The largest absolute Gasteiger partial charge is 0.457 e. The first-order chi connectivity index (χ1) is 23.1. The number of ether oxygens (including phenoxy) is 6. The summed E-state index contributed by atoms with van der Waals surface area (Å²) in [5.41, 5.74) is 0. The lowest BCUT2D eigenvalue weighted by Crippen LogP contribution is -2.61. The summed E-state index contributed by atoms with van der Waals surface area (Å²) in [6.07, 6.45) is -0.370. The molecular weight excluding hydrogens is 632 g/mol. The van der Waals surface area contributed by atoms with Gasteiger partial charge in [0.2, 0.25) is 0 Å². The second-order valence-electron chi connectivity index (χ2n) is 13.1. The molecule has 284 valence electrons. The zero-order valence-electron chi connectivity index (χ0n) is 29.0. The SMILES string of the molecule is CCCCCCCCCCCOCC(COC1OC(COC2OC(CO)C(O)C(O)C2O)C(O)C(O)C1O)OC(=O)CCCCCCC. The molecule has 2 aliphatic heterocycles. The lowest BCUT2D eigenvalue weighted by Gasteiger charge is -2.42. The number of carbonyl (C=O) groups excluding carboxylic acids is 1. The molecule has 0 saturated carbocycles. The maximum Gasteiger partial charge on any atom is 0.306 e. The summed E-state index contributed by atoms with van der Waals surface area (Å²) in [4.78, 5) is 12.6. The minimum atomic E-state index is -1.70. The van der Waals surface area contributed by atoms with Gasteiger partial charge < -0.3 is 64.2 Å². The lowest BCUT2D eigenvalue weighted by molar-refractivity contribution is -0.332. The molecule has 2 aliphatic rings. The standard InChI is InChI=1S/C34H64O14/c1-3-5-7-9-10-11-12-14-16-18-43-20-23(46-26(36)17-15-13-8-6-4-2)21-44-33-32(42)30(40)28(38)25(48-33)22-45-34-31(41)29(39)27(37)24(19-35)47-34/h23-25,27-35,37-42H,3-22H2,1-2H3. The van der Waals surface area contributed by atoms with Crippen LogP contribution in [-0.4, -0.2) is 142 Å². The average molecular weight is 697 g/mol. The Morgan fingerprint density at radius 3 is 1.69 bits per heavy atom. The van der Waals surface area contributed by atoms with Gasteiger partial charge in [0.05, 0.1) is 26.4 Å². The Hall–Kier alpha value is -1.01. The fourth-order valence-electron chi connectivity index (χ4n) is 5.75. The molecule has 0 aromatic heterocycles. The van der Waals surface area contributed by atoms with Crippen molar-refractivity contribution in [2.24, 2.45) is 0 Å². The molecule has 2 fully saturated rings. The van der Waals surface area contributed by atoms with Gasteiger partial charge in [-0.25, -0.2) is 0 Å². The van der Waals surface area contributed by atoms with Crippen LogP contribution in [0.15, 0.2) is 0 Å². The Morgan fingerprint density at radius 1 is 0.604 bits per heavy atom. The monoisotopic (exact) mass is 696 g/mol. The van der Waals surface area contributed by atoms with E-state index in [1.54, 1.807) is 0 Å². The van der Waals surface area contributed by atoms with Crippen molar-refractivity contribution in [3.8, 4) is 0 Å². The number of hydrogen-bond donors (Lipinski definition) is 7. The molecule has 0 aliphatic carbocycles. The molecular formula is C34H64O14. The van der Waals surface area contributed by atoms with Gasteiger partial charge in [-0.3, -0.25) is 4.79 Å². The zero-order valence-corrected chi connectivity index (χ0v) is 29.0. The van der Waals surface area contributed by atoms with Gasteiger partial charge in [0.15, 0.2) is 12.6 Å². The van der Waals surface area contributed by atoms with E-state index < -0.39 is 86.7 Å². The first-order valence-electron chi connectivity index (χ1n) is 18.1. The van der Waals surface area contributed by atoms with Crippen molar-refractivity contribution in [2.75, 3.05) is 33.0 Å². The average Bonchev–Trinajstić information content (AvgIpc) is 3.08. The maximum absolute atomic E-state index is 12.6. The third-order valence-corrected chi connectivity index (χ3v) is 8.87. The van der Waals surface area contributed by atoms with E-state index in [0.717, 1.165) is 44.9 Å².